The first-order valence-corrected chi connectivity index (χ1v) is 8.03. The van der Waals surface area contributed by atoms with E-state index in [0.29, 0.717) is 12.1 Å². The molecule has 0 aliphatic heterocycles. The monoisotopic (exact) mass is 331 g/mol. The Bertz CT molecular complexity index is 772. The van der Waals surface area contributed by atoms with Gasteiger partial charge < -0.3 is 10.1 Å². The molecule has 2 aromatic rings. The fraction of sp³-hybridized carbons (Fsp3) is 0.333. The van der Waals surface area contributed by atoms with Crippen LogP contribution in [-0.2, 0) is 14.8 Å². The minimum Gasteiger partial charge on any atom is -0.480 e. The number of rotatable bonds is 6. The molecule has 0 bridgehead atoms. The summed E-state index contributed by atoms with van der Waals surface area (Å²) in [5.41, 5.74) is 0.341. The number of carboxylic acid groups (broad SMARTS) is 1. The van der Waals surface area contributed by atoms with Gasteiger partial charge in [-0.2, -0.15) is 4.31 Å². The van der Waals surface area contributed by atoms with Gasteiger partial charge in [0.1, 0.15) is 17.1 Å². The predicted octanol–water partition coefficient (Wildman–Crippen LogP) is 1.70. The summed E-state index contributed by atoms with van der Waals surface area (Å²) in [6, 6.07) is 1.48. The second-order valence-corrected chi connectivity index (χ2v) is 6.72. The lowest BCUT2D eigenvalue weighted by atomic mass is 10.3. The van der Waals surface area contributed by atoms with Crippen molar-refractivity contribution < 1.29 is 18.3 Å². The lowest BCUT2D eigenvalue weighted by Gasteiger charge is -2.19. The number of aromatic nitrogens is 2. The largest absolute Gasteiger partial charge is 0.480 e. The van der Waals surface area contributed by atoms with Gasteiger partial charge in [0.25, 0.3) is 0 Å². The zero-order valence-electron chi connectivity index (χ0n) is 11.2. The fourth-order valence-electron chi connectivity index (χ4n) is 2.02. The molecule has 2 heterocycles. The van der Waals surface area contributed by atoms with Gasteiger partial charge in [0.05, 0.1) is 10.4 Å². The summed E-state index contributed by atoms with van der Waals surface area (Å²) in [5.74, 6) is -1.21. The number of nitrogens with one attached hydrogen (secondary N) is 1. The van der Waals surface area contributed by atoms with Crippen molar-refractivity contribution in [3.63, 3.8) is 0 Å². The third-order valence-electron chi connectivity index (χ3n) is 2.89. The Morgan fingerprint density at radius 2 is 2.24 bits per heavy atom. The summed E-state index contributed by atoms with van der Waals surface area (Å²) in [6.07, 6.45) is 3.24. The first kappa shape index (κ1) is 15.7. The molecule has 0 fully saturated rings. The van der Waals surface area contributed by atoms with Crippen LogP contribution in [0.25, 0.3) is 11.0 Å². The van der Waals surface area contributed by atoms with E-state index in [9.17, 15) is 13.2 Å². The van der Waals surface area contributed by atoms with Crippen LogP contribution in [0.1, 0.15) is 13.3 Å². The summed E-state index contributed by atoms with van der Waals surface area (Å²) in [4.78, 5) is 17.6. The summed E-state index contributed by atoms with van der Waals surface area (Å²) >= 11 is 6.04. The molecule has 7 nitrogen and oxygen atoms in total. The van der Waals surface area contributed by atoms with E-state index in [4.69, 9.17) is 16.7 Å². The molecule has 0 amide bonds. The molecule has 2 rings (SSSR count). The maximum atomic E-state index is 12.6. The minimum absolute atomic E-state index is 0.0645. The molecule has 21 heavy (non-hydrogen) atoms. The predicted molar refractivity (Wildman–Crippen MR) is 77.8 cm³/mol. The third kappa shape index (κ3) is 3.02. The van der Waals surface area contributed by atoms with Crippen LogP contribution in [0.3, 0.4) is 0 Å². The third-order valence-corrected chi connectivity index (χ3v) is 5.07. The molecule has 0 spiro atoms. The van der Waals surface area contributed by atoms with Crippen molar-refractivity contribution in [2.24, 2.45) is 0 Å². The molecule has 0 aromatic carbocycles. The number of hydrogen-bond acceptors (Lipinski definition) is 4. The van der Waals surface area contributed by atoms with Gasteiger partial charge in [0.15, 0.2) is 0 Å². The number of pyridine rings is 1. The van der Waals surface area contributed by atoms with E-state index in [0.717, 1.165) is 4.31 Å². The Balaban J connectivity index is 2.57. The van der Waals surface area contributed by atoms with Crippen LogP contribution in [0.5, 0.6) is 0 Å². The highest BCUT2D eigenvalue weighted by Gasteiger charge is 2.29. The van der Waals surface area contributed by atoms with Crippen LogP contribution >= 0.6 is 11.6 Å². The van der Waals surface area contributed by atoms with Crippen molar-refractivity contribution in [2.75, 3.05) is 13.1 Å². The quantitative estimate of drug-likeness (QED) is 0.838. The lowest BCUT2D eigenvalue weighted by molar-refractivity contribution is -0.137. The zero-order chi connectivity index (χ0) is 15.6. The molecule has 0 unspecified atom stereocenters. The second-order valence-electron chi connectivity index (χ2n) is 4.40. The molecule has 9 heteroatoms. The molecule has 0 aliphatic rings. The maximum absolute atomic E-state index is 12.6. The molecule has 0 saturated heterocycles. The fourth-order valence-corrected chi connectivity index (χ4v) is 3.97. The summed E-state index contributed by atoms with van der Waals surface area (Å²) < 4.78 is 26.2. The van der Waals surface area contributed by atoms with Crippen molar-refractivity contribution in [1.29, 1.82) is 0 Å². The molecular weight excluding hydrogens is 318 g/mol. The molecule has 0 atom stereocenters. The van der Waals surface area contributed by atoms with Crippen LogP contribution < -0.4 is 0 Å². The van der Waals surface area contributed by atoms with E-state index in [1.165, 1.54) is 18.5 Å². The van der Waals surface area contributed by atoms with Crippen LogP contribution in [0, 0.1) is 0 Å². The normalized spacial score (nSPS) is 12.1. The molecule has 0 aliphatic carbocycles. The first-order chi connectivity index (χ1) is 9.87. The van der Waals surface area contributed by atoms with Gasteiger partial charge in [-0.25, -0.2) is 13.4 Å². The minimum atomic E-state index is -3.97. The number of aromatic amines is 1. The number of aliphatic carboxylic acids is 1. The van der Waals surface area contributed by atoms with Gasteiger partial charge in [-0.1, -0.05) is 18.5 Å². The average molecular weight is 332 g/mol. The molecule has 2 N–H and O–H groups in total. The van der Waals surface area contributed by atoms with E-state index in [-0.39, 0.29) is 21.8 Å². The molecule has 2 aromatic heterocycles. The van der Waals surface area contributed by atoms with Gasteiger partial charge in [-0.05, 0) is 12.5 Å². The highest BCUT2D eigenvalue weighted by atomic mass is 35.5. The van der Waals surface area contributed by atoms with Crippen molar-refractivity contribution in [1.82, 2.24) is 14.3 Å². The molecule has 0 radical (unpaired) electrons. The number of sulfonamides is 1. The lowest BCUT2D eigenvalue weighted by Crippen LogP contribution is -2.36. The van der Waals surface area contributed by atoms with Gasteiger partial charge in [-0.3, -0.25) is 4.79 Å². The molecule has 0 saturated carbocycles. The Morgan fingerprint density at radius 1 is 1.52 bits per heavy atom. The van der Waals surface area contributed by atoms with Crippen molar-refractivity contribution in [3.8, 4) is 0 Å². The molecule has 114 valence electrons. The number of hydrogen-bond donors (Lipinski definition) is 2. The average Bonchev–Trinajstić information content (AvgIpc) is 2.83. The molecular formula is C12H14ClN3O4S. The highest BCUT2D eigenvalue weighted by Crippen LogP contribution is 2.30. The van der Waals surface area contributed by atoms with Crippen LogP contribution in [0.15, 0.2) is 23.4 Å². The standard InChI is InChI=1S/C12H14ClN3O4S/c1-2-5-16(7-10(17)18)21(19,20)9-6-15-12-11(9)8(13)3-4-14-12/h3-4,6H,2,5,7H2,1H3,(H,14,15)(H,17,18). The van der Waals surface area contributed by atoms with Gasteiger partial charge >= 0.3 is 5.97 Å². The number of H-pyrrole nitrogens is 1. The topological polar surface area (TPSA) is 103 Å². The van der Waals surface area contributed by atoms with Crippen molar-refractivity contribution in [3.05, 3.63) is 23.5 Å². The summed E-state index contributed by atoms with van der Waals surface area (Å²) in [5, 5.41) is 9.40. The Morgan fingerprint density at radius 3 is 2.86 bits per heavy atom. The summed E-state index contributed by atoms with van der Waals surface area (Å²) in [7, 11) is -3.97. The Labute approximate surface area is 126 Å². The van der Waals surface area contributed by atoms with Crippen LogP contribution in [-0.4, -0.2) is 46.9 Å². The van der Waals surface area contributed by atoms with Gasteiger partial charge in [0.2, 0.25) is 10.0 Å². The number of halogens is 1. The number of carboxylic acids is 1. The second kappa shape index (κ2) is 6.00. The van der Waals surface area contributed by atoms with E-state index in [1.807, 2.05) is 0 Å². The zero-order valence-corrected chi connectivity index (χ0v) is 12.8. The number of carbonyl (C=O) groups is 1. The smallest absolute Gasteiger partial charge is 0.318 e. The number of nitrogens with zero attached hydrogens (tertiary/aromatic N) is 2. The SMILES string of the molecule is CCCN(CC(=O)O)S(=O)(=O)c1c[nH]c2nccc(Cl)c12. The first-order valence-electron chi connectivity index (χ1n) is 6.21. The van der Waals surface area contributed by atoms with Crippen molar-refractivity contribution in [2.45, 2.75) is 18.2 Å². The van der Waals surface area contributed by atoms with Crippen LogP contribution in [0.4, 0.5) is 0 Å². The van der Waals surface area contributed by atoms with Crippen molar-refractivity contribution >= 4 is 38.6 Å². The number of fused-ring (bicyclic) bond motifs is 1. The highest BCUT2D eigenvalue weighted by molar-refractivity contribution is 7.89. The van der Waals surface area contributed by atoms with E-state index >= 15 is 0 Å². The van der Waals surface area contributed by atoms with Gasteiger partial charge in [0, 0.05) is 18.9 Å². The van der Waals surface area contributed by atoms with Gasteiger partial charge in [-0.15, -0.1) is 0 Å². The van der Waals surface area contributed by atoms with E-state index in [2.05, 4.69) is 9.97 Å². The van der Waals surface area contributed by atoms with E-state index < -0.39 is 22.5 Å². The maximum Gasteiger partial charge on any atom is 0.318 e. The van der Waals surface area contributed by atoms with E-state index in [1.54, 1.807) is 6.92 Å². The van der Waals surface area contributed by atoms with Crippen LogP contribution in [0.2, 0.25) is 5.02 Å². The Hall–Kier alpha value is -1.64. The Kier molecular flexibility index (Phi) is 4.50. The summed E-state index contributed by atoms with van der Waals surface area (Å²) in [6.45, 7) is 1.29.